The average molecular weight is 470 g/mol. The molecule has 1 aromatic heterocycles. The molecule has 1 unspecified atom stereocenters. The molecular formula is C18H27IN6O. The normalized spacial score (nSPS) is 16.2. The molecule has 0 amide bonds. The van der Waals surface area contributed by atoms with E-state index in [-0.39, 0.29) is 24.0 Å². The number of aliphatic imine (C=N–C) groups is 1. The van der Waals surface area contributed by atoms with E-state index in [1.165, 1.54) is 5.56 Å². The first-order chi connectivity index (χ1) is 12.3. The highest BCUT2D eigenvalue weighted by atomic mass is 127. The Morgan fingerprint density at radius 1 is 1.35 bits per heavy atom. The number of rotatable bonds is 6. The van der Waals surface area contributed by atoms with E-state index >= 15 is 0 Å². The lowest BCUT2D eigenvalue weighted by Crippen LogP contribution is -2.41. The first-order valence-corrected chi connectivity index (χ1v) is 8.84. The zero-order valence-corrected chi connectivity index (χ0v) is 17.6. The van der Waals surface area contributed by atoms with E-state index in [1.54, 1.807) is 13.4 Å². The Morgan fingerprint density at radius 2 is 2.19 bits per heavy atom. The van der Waals surface area contributed by atoms with Crippen molar-refractivity contribution in [2.75, 3.05) is 26.7 Å². The molecule has 2 N–H and O–H groups in total. The second-order valence-electron chi connectivity index (χ2n) is 6.05. The van der Waals surface area contributed by atoms with E-state index < -0.39 is 0 Å². The van der Waals surface area contributed by atoms with Crippen molar-refractivity contribution in [3.63, 3.8) is 0 Å². The van der Waals surface area contributed by atoms with Crippen molar-refractivity contribution in [1.82, 2.24) is 25.4 Å². The third-order valence-electron chi connectivity index (χ3n) is 4.48. The van der Waals surface area contributed by atoms with Crippen molar-refractivity contribution in [2.45, 2.75) is 32.2 Å². The van der Waals surface area contributed by atoms with E-state index in [1.807, 2.05) is 12.1 Å². The second-order valence-corrected chi connectivity index (χ2v) is 6.05. The minimum atomic E-state index is 0. The molecular weight excluding hydrogens is 443 g/mol. The van der Waals surface area contributed by atoms with Crippen LogP contribution in [0.1, 0.15) is 30.7 Å². The van der Waals surface area contributed by atoms with Crippen molar-refractivity contribution in [1.29, 1.82) is 0 Å². The first-order valence-electron chi connectivity index (χ1n) is 8.84. The number of guanidine groups is 1. The van der Waals surface area contributed by atoms with Crippen LogP contribution >= 0.6 is 24.0 Å². The maximum Gasteiger partial charge on any atom is 0.191 e. The molecule has 1 aliphatic heterocycles. The lowest BCUT2D eigenvalue weighted by molar-refractivity contribution is 0.267. The molecule has 7 nitrogen and oxygen atoms in total. The topological polar surface area (TPSA) is 76.4 Å². The maximum atomic E-state index is 5.73. The molecule has 0 aliphatic carbocycles. The highest BCUT2D eigenvalue weighted by molar-refractivity contribution is 14.0. The van der Waals surface area contributed by atoms with Gasteiger partial charge in [0.15, 0.2) is 5.96 Å². The predicted molar refractivity (Wildman–Crippen MR) is 113 cm³/mol. The number of ether oxygens (including phenoxy) is 1. The Kier molecular flexibility index (Phi) is 8.14. The summed E-state index contributed by atoms with van der Waals surface area (Å²) in [6.45, 7) is 5.28. The van der Waals surface area contributed by atoms with Crippen LogP contribution in [0, 0.1) is 0 Å². The van der Waals surface area contributed by atoms with Crippen molar-refractivity contribution in [2.24, 2.45) is 4.99 Å². The van der Waals surface area contributed by atoms with Crippen LogP contribution in [0.3, 0.4) is 0 Å². The smallest absolute Gasteiger partial charge is 0.191 e. The molecule has 0 saturated heterocycles. The molecule has 1 aliphatic rings. The van der Waals surface area contributed by atoms with Gasteiger partial charge >= 0.3 is 0 Å². The summed E-state index contributed by atoms with van der Waals surface area (Å²) in [4.78, 5) is 4.31. The fourth-order valence-corrected chi connectivity index (χ4v) is 3.10. The largest absolute Gasteiger partial charge is 0.493 e. The summed E-state index contributed by atoms with van der Waals surface area (Å²) in [5.41, 5.74) is 1.27. The SMILES string of the molecule is CCc1nncn1CCNC(=NC)NCC1CCOc2ccccc21.I. The Morgan fingerprint density at radius 3 is 3.00 bits per heavy atom. The summed E-state index contributed by atoms with van der Waals surface area (Å²) < 4.78 is 7.79. The standard InChI is InChI=1S/C18H26N6O.HI/c1-3-17-23-22-13-24(17)10-9-20-18(19-2)21-12-14-8-11-25-16-7-5-4-6-15(14)16;/h4-7,13-14H,3,8-12H2,1-2H3,(H2,19,20,21);1H. The molecule has 2 heterocycles. The maximum absolute atomic E-state index is 5.73. The minimum Gasteiger partial charge on any atom is -0.493 e. The Hall–Kier alpha value is -1.84. The molecule has 0 radical (unpaired) electrons. The average Bonchev–Trinajstić information content (AvgIpc) is 3.12. The molecule has 0 saturated carbocycles. The number of para-hydroxylation sites is 1. The Balaban J connectivity index is 0.00000243. The fraction of sp³-hybridized carbons (Fsp3) is 0.500. The van der Waals surface area contributed by atoms with E-state index in [2.05, 4.69) is 49.4 Å². The van der Waals surface area contributed by atoms with Crippen molar-refractivity contribution in [3.8, 4) is 5.75 Å². The van der Waals surface area contributed by atoms with Gasteiger partial charge in [-0.05, 0) is 18.1 Å². The van der Waals surface area contributed by atoms with Gasteiger partial charge in [-0.1, -0.05) is 25.1 Å². The third-order valence-corrected chi connectivity index (χ3v) is 4.48. The first kappa shape index (κ1) is 20.5. The van der Waals surface area contributed by atoms with E-state index in [0.717, 1.165) is 56.6 Å². The molecule has 1 atom stereocenters. The van der Waals surface area contributed by atoms with Gasteiger partial charge in [-0.2, -0.15) is 0 Å². The zero-order chi connectivity index (χ0) is 17.5. The van der Waals surface area contributed by atoms with Gasteiger partial charge in [0.2, 0.25) is 0 Å². The number of nitrogens with zero attached hydrogens (tertiary/aromatic N) is 4. The lowest BCUT2D eigenvalue weighted by Gasteiger charge is -2.26. The van der Waals surface area contributed by atoms with Crippen LogP contribution in [0.5, 0.6) is 5.75 Å². The van der Waals surface area contributed by atoms with Crippen LogP contribution in [0.15, 0.2) is 35.6 Å². The number of aromatic nitrogens is 3. The van der Waals surface area contributed by atoms with Crippen LogP contribution in [-0.2, 0) is 13.0 Å². The Labute approximate surface area is 171 Å². The number of benzene rings is 1. The van der Waals surface area contributed by atoms with Gasteiger partial charge in [-0.3, -0.25) is 4.99 Å². The fourth-order valence-electron chi connectivity index (χ4n) is 3.10. The van der Waals surface area contributed by atoms with Gasteiger partial charge in [0.05, 0.1) is 6.61 Å². The van der Waals surface area contributed by atoms with Crippen LogP contribution < -0.4 is 15.4 Å². The molecule has 0 fully saturated rings. The van der Waals surface area contributed by atoms with Gasteiger partial charge < -0.3 is 19.9 Å². The highest BCUT2D eigenvalue weighted by Crippen LogP contribution is 2.32. The minimum absolute atomic E-state index is 0. The molecule has 3 rings (SSSR count). The van der Waals surface area contributed by atoms with Crippen LogP contribution in [0.2, 0.25) is 0 Å². The zero-order valence-electron chi connectivity index (χ0n) is 15.3. The van der Waals surface area contributed by atoms with Crippen LogP contribution in [0.4, 0.5) is 0 Å². The molecule has 26 heavy (non-hydrogen) atoms. The number of halogens is 1. The van der Waals surface area contributed by atoms with E-state index in [4.69, 9.17) is 4.74 Å². The van der Waals surface area contributed by atoms with Gasteiger partial charge in [0.25, 0.3) is 0 Å². The summed E-state index contributed by atoms with van der Waals surface area (Å²) in [6.07, 6.45) is 3.67. The van der Waals surface area contributed by atoms with Gasteiger partial charge in [0, 0.05) is 39.0 Å². The van der Waals surface area contributed by atoms with E-state index in [0.29, 0.717) is 5.92 Å². The Bertz CT molecular complexity index is 717. The summed E-state index contributed by atoms with van der Waals surface area (Å²) in [6, 6.07) is 8.27. The van der Waals surface area contributed by atoms with Gasteiger partial charge in [-0.25, -0.2) is 0 Å². The number of hydrogen-bond acceptors (Lipinski definition) is 4. The van der Waals surface area contributed by atoms with Gasteiger partial charge in [-0.15, -0.1) is 34.2 Å². The van der Waals surface area contributed by atoms with Crippen LogP contribution in [0.25, 0.3) is 0 Å². The van der Waals surface area contributed by atoms with Crippen LogP contribution in [-0.4, -0.2) is 47.5 Å². The summed E-state index contributed by atoms with van der Waals surface area (Å²) in [5, 5.41) is 14.8. The number of aryl methyl sites for hydroxylation is 1. The summed E-state index contributed by atoms with van der Waals surface area (Å²) >= 11 is 0. The number of nitrogens with one attached hydrogen (secondary N) is 2. The van der Waals surface area contributed by atoms with Crippen molar-refractivity contribution < 1.29 is 4.74 Å². The third kappa shape index (κ3) is 5.09. The summed E-state index contributed by atoms with van der Waals surface area (Å²) in [7, 11) is 1.80. The predicted octanol–water partition coefficient (Wildman–Crippen LogP) is 2.19. The molecule has 8 heteroatoms. The molecule has 0 spiro atoms. The van der Waals surface area contributed by atoms with E-state index in [9.17, 15) is 0 Å². The monoisotopic (exact) mass is 470 g/mol. The second kappa shape index (κ2) is 10.3. The lowest BCUT2D eigenvalue weighted by atomic mass is 9.93. The quantitative estimate of drug-likeness (QED) is 0.385. The van der Waals surface area contributed by atoms with Gasteiger partial charge in [0.1, 0.15) is 17.9 Å². The summed E-state index contributed by atoms with van der Waals surface area (Å²) in [5.74, 6) is 3.26. The van der Waals surface area contributed by atoms with Crippen molar-refractivity contribution >= 4 is 29.9 Å². The molecule has 2 aromatic rings. The molecule has 142 valence electrons. The molecule has 1 aromatic carbocycles. The van der Waals surface area contributed by atoms with Crippen molar-refractivity contribution in [3.05, 3.63) is 42.0 Å². The number of hydrogen-bond donors (Lipinski definition) is 2. The highest BCUT2D eigenvalue weighted by Gasteiger charge is 2.21. The number of fused-ring (bicyclic) bond motifs is 1. The molecule has 0 bridgehead atoms.